The van der Waals surface area contributed by atoms with E-state index in [1.54, 1.807) is 12.1 Å². The van der Waals surface area contributed by atoms with Gasteiger partial charge in [0.05, 0.1) is 4.90 Å². The van der Waals surface area contributed by atoms with Gasteiger partial charge in [0.2, 0.25) is 5.91 Å². The van der Waals surface area contributed by atoms with Crippen molar-refractivity contribution >= 4 is 15.9 Å². The maximum Gasteiger partial charge on any atom is 0.264 e. The van der Waals surface area contributed by atoms with Crippen molar-refractivity contribution in [2.45, 2.75) is 38.5 Å². The molecule has 0 fully saturated rings. The Morgan fingerprint density at radius 1 is 1.25 bits per heavy atom. The summed E-state index contributed by atoms with van der Waals surface area (Å²) in [7, 11) is -3.77. The van der Waals surface area contributed by atoms with E-state index in [0.717, 1.165) is 11.1 Å². The van der Waals surface area contributed by atoms with Crippen molar-refractivity contribution in [3.63, 3.8) is 0 Å². The Morgan fingerprint density at radius 2 is 1.80 bits per heavy atom. The number of sulfonamides is 1. The quantitative estimate of drug-likeness (QED) is 0.821. The summed E-state index contributed by atoms with van der Waals surface area (Å²) in [6.45, 7) is 9.43. The largest absolute Gasteiger partial charge is 0.274 e. The second-order valence-electron chi connectivity index (χ2n) is 5.31. The van der Waals surface area contributed by atoms with Crippen LogP contribution in [0.1, 0.15) is 32.3 Å². The molecule has 0 saturated carbocycles. The van der Waals surface area contributed by atoms with Crippen LogP contribution in [-0.4, -0.2) is 14.3 Å². The number of benzene rings is 1. The maximum atomic E-state index is 12.0. The molecule has 1 aromatic carbocycles. The monoisotopic (exact) mass is 295 g/mol. The van der Waals surface area contributed by atoms with Crippen molar-refractivity contribution in [2.75, 3.05) is 0 Å². The van der Waals surface area contributed by atoms with E-state index in [1.165, 1.54) is 12.1 Å². The second kappa shape index (κ2) is 6.70. The van der Waals surface area contributed by atoms with E-state index in [-0.39, 0.29) is 17.2 Å². The van der Waals surface area contributed by atoms with Gasteiger partial charge in [0.25, 0.3) is 10.0 Å². The van der Waals surface area contributed by atoms with E-state index < -0.39 is 15.9 Å². The SMILES string of the molecule is C=C(C)CC(C)CC(=O)NS(=O)(=O)c1ccc(C)cc1. The van der Waals surface area contributed by atoms with E-state index in [0.29, 0.717) is 6.42 Å². The van der Waals surface area contributed by atoms with Crippen LogP contribution in [0.5, 0.6) is 0 Å². The molecule has 110 valence electrons. The fraction of sp³-hybridized carbons (Fsp3) is 0.400. The minimum absolute atomic E-state index is 0.0701. The first-order valence-electron chi connectivity index (χ1n) is 6.47. The first kappa shape index (κ1) is 16.4. The molecule has 0 aliphatic rings. The normalized spacial score (nSPS) is 12.8. The summed E-state index contributed by atoms with van der Waals surface area (Å²) in [5.41, 5.74) is 1.94. The molecule has 1 rings (SSSR count). The number of carbonyl (C=O) groups excluding carboxylic acids is 1. The van der Waals surface area contributed by atoms with Gasteiger partial charge in [-0.1, -0.05) is 30.2 Å². The van der Waals surface area contributed by atoms with Crippen LogP contribution in [0.3, 0.4) is 0 Å². The summed E-state index contributed by atoms with van der Waals surface area (Å²) in [5.74, 6) is -0.417. The van der Waals surface area contributed by atoms with E-state index in [4.69, 9.17) is 0 Å². The molecule has 5 heteroatoms. The van der Waals surface area contributed by atoms with Gasteiger partial charge in [-0.25, -0.2) is 13.1 Å². The van der Waals surface area contributed by atoms with Crippen LogP contribution in [0, 0.1) is 12.8 Å². The number of carbonyl (C=O) groups is 1. The van der Waals surface area contributed by atoms with Crippen LogP contribution in [0.2, 0.25) is 0 Å². The number of allylic oxidation sites excluding steroid dienone is 1. The van der Waals surface area contributed by atoms with Crippen LogP contribution < -0.4 is 4.72 Å². The number of rotatable bonds is 6. The summed E-state index contributed by atoms with van der Waals surface area (Å²) in [6.07, 6.45) is 0.871. The molecule has 0 saturated heterocycles. The molecule has 0 aliphatic carbocycles. The van der Waals surface area contributed by atoms with Crippen molar-refractivity contribution in [1.29, 1.82) is 0 Å². The molecule has 0 heterocycles. The molecule has 0 radical (unpaired) electrons. The molecule has 1 amide bonds. The Hall–Kier alpha value is -1.62. The van der Waals surface area contributed by atoms with Gasteiger partial charge in [-0.3, -0.25) is 4.79 Å². The van der Waals surface area contributed by atoms with Gasteiger partial charge in [0.15, 0.2) is 0 Å². The van der Waals surface area contributed by atoms with Crippen molar-refractivity contribution < 1.29 is 13.2 Å². The van der Waals surface area contributed by atoms with Gasteiger partial charge in [-0.05, 0) is 38.3 Å². The fourth-order valence-electron chi connectivity index (χ4n) is 1.95. The lowest BCUT2D eigenvalue weighted by Crippen LogP contribution is -2.31. The summed E-state index contributed by atoms with van der Waals surface area (Å²) >= 11 is 0. The lowest BCUT2D eigenvalue weighted by Gasteiger charge is -2.12. The van der Waals surface area contributed by atoms with Crippen LogP contribution in [0.25, 0.3) is 0 Å². The minimum atomic E-state index is -3.77. The Labute approximate surface area is 120 Å². The smallest absolute Gasteiger partial charge is 0.264 e. The first-order chi connectivity index (χ1) is 9.20. The molecular weight excluding hydrogens is 274 g/mol. The zero-order chi connectivity index (χ0) is 15.3. The lowest BCUT2D eigenvalue weighted by atomic mass is 10.00. The van der Waals surface area contributed by atoms with Crippen molar-refractivity contribution in [2.24, 2.45) is 5.92 Å². The van der Waals surface area contributed by atoms with E-state index >= 15 is 0 Å². The average Bonchev–Trinajstić information content (AvgIpc) is 2.26. The molecule has 0 bridgehead atoms. The number of hydrogen-bond acceptors (Lipinski definition) is 3. The zero-order valence-corrected chi connectivity index (χ0v) is 13.0. The molecule has 0 aromatic heterocycles. The summed E-state index contributed by atoms with van der Waals surface area (Å²) < 4.78 is 26.1. The first-order valence-corrected chi connectivity index (χ1v) is 7.95. The van der Waals surface area contributed by atoms with E-state index in [2.05, 4.69) is 11.3 Å². The topological polar surface area (TPSA) is 63.2 Å². The molecule has 4 nitrogen and oxygen atoms in total. The Morgan fingerprint density at radius 3 is 2.30 bits per heavy atom. The fourth-order valence-corrected chi connectivity index (χ4v) is 2.95. The van der Waals surface area contributed by atoms with Crippen molar-refractivity contribution in [3.05, 3.63) is 42.0 Å². The van der Waals surface area contributed by atoms with Crippen LogP contribution in [0.15, 0.2) is 41.3 Å². The zero-order valence-electron chi connectivity index (χ0n) is 12.1. The predicted octanol–water partition coefficient (Wildman–Crippen LogP) is 2.79. The summed E-state index contributed by atoms with van der Waals surface area (Å²) in [4.78, 5) is 11.9. The molecule has 0 aliphatic heterocycles. The highest BCUT2D eigenvalue weighted by Crippen LogP contribution is 2.14. The van der Waals surface area contributed by atoms with Gasteiger partial charge in [-0.2, -0.15) is 0 Å². The third-order valence-electron chi connectivity index (χ3n) is 2.81. The highest BCUT2D eigenvalue weighted by atomic mass is 32.2. The Kier molecular flexibility index (Phi) is 5.51. The Balaban J connectivity index is 2.69. The second-order valence-corrected chi connectivity index (χ2v) is 6.99. The molecule has 0 spiro atoms. The maximum absolute atomic E-state index is 12.0. The molecular formula is C15H21NO3S. The number of nitrogens with one attached hydrogen (secondary N) is 1. The van der Waals surface area contributed by atoms with Crippen LogP contribution in [-0.2, 0) is 14.8 Å². The standard InChI is InChI=1S/C15H21NO3S/c1-11(2)9-13(4)10-15(17)16-20(18,19)14-7-5-12(3)6-8-14/h5-8,13H,1,9-10H2,2-4H3,(H,16,17). The molecule has 1 aromatic rings. The van der Waals surface area contributed by atoms with Crippen molar-refractivity contribution in [1.82, 2.24) is 4.72 Å². The van der Waals surface area contributed by atoms with Gasteiger partial charge in [-0.15, -0.1) is 6.58 Å². The van der Waals surface area contributed by atoms with E-state index in [9.17, 15) is 13.2 Å². The summed E-state index contributed by atoms with van der Waals surface area (Å²) in [5, 5.41) is 0. The molecule has 1 unspecified atom stereocenters. The van der Waals surface area contributed by atoms with Crippen LogP contribution in [0.4, 0.5) is 0 Å². The van der Waals surface area contributed by atoms with Crippen LogP contribution >= 0.6 is 0 Å². The Bertz CT molecular complexity index is 588. The highest BCUT2D eigenvalue weighted by Gasteiger charge is 2.18. The van der Waals surface area contributed by atoms with E-state index in [1.807, 2.05) is 20.8 Å². The lowest BCUT2D eigenvalue weighted by molar-refractivity contribution is -0.120. The number of hydrogen-bond donors (Lipinski definition) is 1. The third kappa shape index (κ3) is 5.17. The number of aryl methyl sites for hydroxylation is 1. The minimum Gasteiger partial charge on any atom is -0.274 e. The molecule has 1 N–H and O–H groups in total. The van der Waals surface area contributed by atoms with Gasteiger partial charge >= 0.3 is 0 Å². The molecule has 20 heavy (non-hydrogen) atoms. The van der Waals surface area contributed by atoms with Gasteiger partial charge in [0.1, 0.15) is 0 Å². The molecule has 1 atom stereocenters. The average molecular weight is 295 g/mol. The number of amides is 1. The van der Waals surface area contributed by atoms with Gasteiger partial charge < -0.3 is 0 Å². The predicted molar refractivity (Wildman–Crippen MR) is 79.7 cm³/mol. The van der Waals surface area contributed by atoms with Crippen molar-refractivity contribution in [3.8, 4) is 0 Å². The van der Waals surface area contributed by atoms with Gasteiger partial charge in [0, 0.05) is 6.42 Å². The summed E-state index contributed by atoms with van der Waals surface area (Å²) in [6, 6.07) is 6.37. The highest BCUT2D eigenvalue weighted by molar-refractivity contribution is 7.90. The third-order valence-corrected chi connectivity index (χ3v) is 4.20.